The van der Waals surface area contributed by atoms with Gasteiger partial charge in [0.15, 0.2) is 0 Å². The van der Waals surface area contributed by atoms with Crippen molar-refractivity contribution >= 4 is 0 Å². The predicted molar refractivity (Wildman–Crippen MR) is 54.6 cm³/mol. The molecule has 0 saturated heterocycles. The maximum atomic E-state index is 13.5. The Hall–Kier alpha value is -0.850. The molecule has 0 aromatic heterocycles. The number of halogens is 1. The number of rotatable bonds is 4. The summed E-state index contributed by atoms with van der Waals surface area (Å²) in [5.74, 6) is 0. The number of hydrogen-bond acceptors (Lipinski definition) is 0. The molecule has 1 atom stereocenters. The Kier molecular flexibility index (Phi) is 3.47. The molecule has 0 aliphatic heterocycles. The first-order chi connectivity index (χ1) is 6.14. The average molecular weight is 180 g/mol. The maximum absolute atomic E-state index is 13.5. The van der Waals surface area contributed by atoms with Crippen molar-refractivity contribution < 1.29 is 4.39 Å². The lowest BCUT2D eigenvalue weighted by molar-refractivity contribution is 0.169. The first-order valence-corrected chi connectivity index (χ1v) is 4.87. The number of hydrogen-bond donors (Lipinski definition) is 0. The van der Waals surface area contributed by atoms with Crippen molar-refractivity contribution in [3.63, 3.8) is 0 Å². The van der Waals surface area contributed by atoms with Gasteiger partial charge in [-0.1, -0.05) is 37.3 Å². The van der Waals surface area contributed by atoms with E-state index in [4.69, 9.17) is 0 Å². The lowest BCUT2D eigenvalue weighted by Crippen LogP contribution is -2.16. The van der Waals surface area contributed by atoms with E-state index in [2.05, 4.69) is 0 Å². The van der Waals surface area contributed by atoms with E-state index in [9.17, 15) is 4.39 Å². The highest BCUT2D eigenvalue weighted by Gasteiger charge is 2.19. The molecule has 0 heterocycles. The second-order valence-corrected chi connectivity index (χ2v) is 3.75. The van der Waals surface area contributed by atoms with Crippen molar-refractivity contribution in [1.29, 1.82) is 0 Å². The second-order valence-electron chi connectivity index (χ2n) is 3.75. The van der Waals surface area contributed by atoms with Gasteiger partial charge < -0.3 is 0 Å². The van der Waals surface area contributed by atoms with E-state index in [1.807, 2.05) is 37.3 Å². The van der Waals surface area contributed by atoms with E-state index in [0.29, 0.717) is 12.8 Å². The molecular weight excluding hydrogens is 163 g/mol. The standard InChI is InChI=1S/C12H17F/c1-3-12(2,13)10-9-11-7-5-4-6-8-11/h4-8H,3,9-10H2,1-2H3/t12-/m0/s1. The van der Waals surface area contributed by atoms with E-state index in [-0.39, 0.29) is 0 Å². The number of benzene rings is 1. The van der Waals surface area contributed by atoms with Crippen LogP contribution in [0.4, 0.5) is 4.39 Å². The summed E-state index contributed by atoms with van der Waals surface area (Å²) < 4.78 is 13.5. The molecule has 13 heavy (non-hydrogen) atoms. The highest BCUT2D eigenvalue weighted by atomic mass is 19.1. The largest absolute Gasteiger partial charge is 0.244 e. The fourth-order valence-corrected chi connectivity index (χ4v) is 1.23. The normalized spacial score (nSPS) is 15.3. The molecule has 1 aromatic carbocycles. The number of alkyl halides is 1. The molecule has 1 rings (SSSR count). The zero-order valence-electron chi connectivity index (χ0n) is 8.39. The summed E-state index contributed by atoms with van der Waals surface area (Å²) in [5, 5.41) is 0. The number of aryl methyl sites for hydroxylation is 1. The van der Waals surface area contributed by atoms with Crippen LogP contribution in [0.2, 0.25) is 0 Å². The molecule has 72 valence electrons. The Morgan fingerprint density at radius 2 is 1.85 bits per heavy atom. The van der Waals surface area contributed by atoms with E-state index < -0.39 is 5.67 Å². The summed E-state index contributed by atoms with van der Waals surface area (Å²) in [4.78, 5) is 0. The molecule has 1 heteroatoms. The van der Waals surface area contributed by atoms with Crippen molar-refractivity contribution in [2.24, 2.45) is 0 Å². The second kappa shape index (κ2) is 4.40. The van der Waals surface area contributed by atoms with Gasteiger partial charge in [-0.2, -0.15) is 0 Å². The van der Waals surface area contributed by atoms with Crippen LogP contribution in [0.25, 0.3) is 0 Å². The van der Waals surface area contributed by atoms with Crippen LogP contribution in [0.1, 0.15) is 32.3 Å². The summed E-state index contributed by atoms with van der Waals surface area (Å²) in [5.41, 5.74) is 0.218. The Balaban J connectivity index is 2.44. The van der Waals surface area contributed by atoms with Crippen LogP contribution in [0.15, 0.2) is 30.3 Å². The molecule has 0 unspecified atom stereocenters. The molecule has 0 aliphatic rings. The zero-order valence-corrected chi connectivity index (χ0v) is 8.39. The molecule has 0 spiro atoms. The van der Waals surface area contributed by atoms with Gasteiger partial charge in [-0.25, -0.2) is 4.39 Å². The van der Waals surface area contributed by atoms with E-state index in [1.54, 1.807) is 6.92 Å². The average Bonchev–Trinajstić information content (AvgIpc) is 2.17. The molecule has 0 saturated carbocycles. The SMILES string of the molecule is CC[C@](C)(F)CCc1ccccc1. The maximum Gasteiger partial charge on any atom is 0.108 e. The molecule has 0 N–H and O–H groups in total. The van der Waals surface area contributed by atoms with Crippen LogP contribution in [0, 0.1) is 0 Å². The molecule has 0 amide bonds. The Morgan fingerprint density at radius 3 is 2.38 bits per heavy atom. The van der Waals surface area contributed by atoms with Gasteiger partial charge in [0.25, 0.3) is 0 Å². The van der Waals surface area contributed by atoms with Gasteiger partial charge >= 0.3 is 0 Å². The van der Waals surface area contributed by atoms with Crippen LogP contribution in [0.5, 0.6) is 0 Å². The van der Waals surface area contributed by atoms with Gasteiger partial charge in [0.1, 0.15) is 5.67 Å². The summed E-state index contributed by atoms with van der Waals surface area (Å²) in [6.07, 6.45) is 2.05. The van der Waals surface area contributed by atoms with Crippen molar-refractivity contribution in [3.8, 4) is 0 Å². The van der Waals surface area contributed by atoms with Crippen molar-refractivity contribution in [3.05, 3.63) is 35.9 Å². The van der Waals surface area contributed by atoms with Crippen LogP contribution in [-0.4, -0.2) is 5.67 Å². The molecule has 0 nitrogen and oxygen atoms in total. The minimum atomic E-state index is -1.00. The molecule has 0 radical (unpaired) electrons. The predicted octanol–water partition coefficient (Wildman–Crippen LogP) is 3.76. The minimum absolute atomic E-state index is 0.597. The highest BCUT2D eigenvalue weighted by Crippen LogP contribution is 2.21. The van der Waals surface area contributed by atoms with Gasteiger partial charge in [-0.3, -0.25) is 0 Å². The fourth-order valence-electron chi connectivity index (χ4n) is 1.23. The molecule has 0 aliphatic carbocycles. The van der Waals surface area contributed by atoms with Crippen molar-refractivity contribution in [1.82, 2.24) is 0 Å². The fraction of sp³-hybridized carbons (Fsp3) is 0.500. The van der Waals surface area contributed by atoms with Gasteiger partial charge in [0.05, 0.1) is 0 Å². The summed E-state index contributed by atoms with van der Waals surface area (Å²) >= 11 is 0. The van der Waals surface area contributed by atoms with Crippen LogP contribution in [0.3, 0.4) is 0 Å². The van der Waals surface area contributed by atoms with Gasteiger partial charge in [0, 0.05) is 0 Å². The molecule has 0 fully saturated rings. The summed E-state index contributed by atoms with van der Waals surface area (Å²) in [7, 11) is 0. The molecule has 1 aromatic rings. The first-order valence-electron chi connectivity index (χ1n) is 4.87. The van der Waals surface area contributed by atoms with Crippen LogP contribution in [-0.2, 0) is 6.42 Å². The summed E-state index contributed by atoms with van der Waals surface area (Å²) in [6.45, 7) is 3.57. The highest BCUT2D eigenvalue weighted by molar-refractivity contribution is 5.14. The third-order valence-corrected chi connectivity index (χ3v) is 2.51. The zero-order chi connectivity index (χ0) is 9.73. The monoisotopic (exact) mass is 180 g/mol. The Bertz CT molecular complexity index is 239. The van der Waals surface area contributed by atoms with E-state index >= 15 is 0 Å². The van der Waals surface area contributed by atoms with E-state index in [1.165, 1.54) is 5.56 Å². The van der Waals surface area contributed by atoms with E-state index in [0.717, 1.165) is 6.42 Å². The minimum Gasteiger partial charge on any atom is -0.244 e. The van der Waals surface area contributed by atoms with Crippen LogP contribution >= 0.6 is 0 Å². The van der Waals surface area contributed by atoms with Gasteiger partial charge in [-0.15, -0.1) is 0 Å². The van der Waals surface area contributed by atoms with Gasteiger partial charge in [-0.05, 0) is 31.7 Å². The van der Waals surface area contributed by atoms with Crippen LogP contribution < -0.4 is 0 Å². The smallest absolute Gasteiger partial charge is 0.108 e. The van der Waals surface area contributed by atoms with Crippen molar-refractivity contribution in [2.45, 2.75) is 38.8 Å². The Labute approximate surface area is 79.8 Å². The molecule has 0 bridgehead atoms. The van der Waals surface area contributed by atoms with Crippen molar-refractivity contribution in [2.75, 3.05) is 0 Å². The first kappa shape index (κ1) is 10.2. The third kappa shape index (κ3) is 3.58. The molecular formula is C12H17F. The van der Waals surface area contributed by atoms with Gasteiger partial charge in [0.2, 0.25) is 0 Å². The quantitative estimate of drug-likeness (QED) is 0.662. The summed E-state index contributed by atoms with van der Waals surface area (Å²) in [6, 6.07) is 10.1. The Morgan fingerprint density at radius 1 is 1.23 bits per heavy atom. The lowest BCUT2D eigenvalue weighted by Gasteiger charge is -2.17. The topological polar surface area (TPSA) is 0 Å². The third-order valence-electron chi connectivity index (χ3n) is 2.51. The lowest BCUT2D eigenvalue weighted by atomic mass is 9.96.